The first-order chi connectivity index (χ1) is 7.81. The number of aryl methyl sites for hydroxylation is 1. The molecule has 0 spiro atoms. The summed E-state index contributed by atoms with van der Waals surface area (Å²) in [6, 6.07) is 0. The predicted octanol–water partition coefficient (Wildman–Crippen LogP) is 2.40. The maximum Gasteiger partial charge on any atom is 0.230 e. The number of thiazole rings is 1. The third kappa shape index (κ3) is 4.83. The summed E-state index contributed by atoms with van der Waals surface area (Å²) in [6.07, 6.45) is 0.777. The molecule has 0 saturated heterocycles. The zero-order valence-electron chi connectivity index (χ0n) is 10.9. The molecule has 1 heterocycles. The molecule has 0 saturated carbocycles. The number of anilines is 1. The molecule has 1 aromatic heterocycles. The van der Waals surface area contributed by atoms with Crippen LogP contribution in [0.4, 0.5) is 5.13 Å². The molecular weight excluding hydrogens is 234 g/mol. The lowest BCUT2D eigenvalue weighted by molar-refractivity contribution is -0.120. The second-order valence-electron chi connectivity index (χ2n) is 5.48. The van der Waals surface area contributed by atoms with E-state index in [-0.39, 0.29) is 17.2 Å². The van der Waals surface area contributed by atoms with E-state index in [4.69, 9.17) is 5.73 Å². The summed E-state index contributed by atoms with van der Waals surface area (Å²) in [5, 5.41) is 5.39. The summed E-state index contributed by atoms with van der Waals surface area (Å²) in [5.41, 5.74) is 6.68. The molecule has 1 aromatic rings. The average molecular weight is 255 g/mol. The van der Waals surface area contributed by atoms with Crippen molar-refractivity contribution in [3.63, 3.8) is 0 Å². The average Bonchev–Trinajstić information content (AvgIpc) is 2.59. The van der Waals surface area contributed by atoms with Crippen molar-refractivity contribution >= 4 is 22.4 Å². The van der Waals surface area contributed by atoms with Crippen LogP contribution in [0.25, 0.3) is 0 Å². The van der Waals surface area contributed by atoms with Gasteiger partial charge in [0, 0.05) is 11.9 Å². The van der Waals surface area contributed by atoms with Crippen LogP contribution in [0.3, 0.4) is 0 Å². The minimum atomic E-state index is -0.154. The Labute approximate surface area is 107 Å². The van der Waals surface area contributed by atoms with Crippen molar-refractivity contribution in [1.82, 2.24) is 4.98 Å². The van der Waals surface area contributed by atoms with Crippen molar-refractivity contribution in [1.29, 1.82) is 0 Å². The van der Waals surface area contributed by atoms with Gasteiger partial charge in [0.15, 0.2) is 5.13 Å². The second-order valence-corrected chi connectivity index (χ2v) is 6.34. The molecule has 96 valence electrons. The quantitative estimate of drug-likeness (QED) is 0.868. The normalized spacial score (nSPS) is 13.5. The van der Waals surface area contributed by atoms with Crippen LogP contribution in [-0.2, 0) is 4.79 Å². The van der Waals surface area contributed by atoms with Crippen LogP contribution in [0.2, 0.25) is 0 Å². The monoisotopic (exact) mass is 255 g/mol. The highest BCUT2D eigenvalue weighted by atomic mass is 32.1. The fourth-order valence-electron chi connectivity index (χ4n) is 1.64. The van der Waals surface area contributed by atoms with Crippen molar-refractivity contribution < 1.29 is 4.79 Å². The summed E-state index contributed by atoms with van der Waals surface area (Å²) in [5.74, 6) is -0.184. The lowest BCUT2D eigenvalue weighted by atomic mass is 9.84. The van der Waals surface area contributed by atoms with Crippen LogP contribution in [0.15, 0.2) is 5.38 Å². The first-order valence-corrected chi connectivity index (χ1v) is 6.63. The predicted molar refractivity (Wildman–Crippen MR) is 72.1 cm³/mol. The molecule has 4 nitrogen and oxygen atoms in total. The van der Waals surface area contributed by atoms with Crippen LogP contribution < -0.4 is 11.1 Å². The van der Waals surface area contributed by atoms with Crippen LogP contribution in [0.5, 0.6) is 0 Å². The number of carbonyl (C=O) groups is 1. The molecule has 1 unspecified atom stereocenters. The number of carbonyl (C=O) groups excluding carboxylic acids is 1. The fourth-order valence-corrected chi connectivity index (χ4v) is 2.33. The lowest BCUT2D eigenvalue weighted by Crippen LogP contribution is -2.32. The van der Waals surface area contributed by atoms with Gasteiger partial charge in [-0.25, -0.2) is 4.98 Å². The zero-order valence-corrected chi connectivity index (χ0v) is 11.7. The molecule has 0 fully saturated rings. The van der Waals surface area contributed by atoms with E-state index in [9.17, 15) is 4.79 Å². The van der Waals surface area contributed by atoms with E-state index < -0.39 is 0 Å². The molecule has 1 amide bonds. The largest absolute Gasteiger partial charge is 0.330 e. The van der Waals surface area contributed by atoms with Gasteiger partial charge in [0.2, 0.25) is 5.91 Å². The number of amides is 1. The summed E-state index contributed by atoms with van der Waals surface area (Å²) in [7, 11) is 0. The Morgan fingerprint density at radius 3 is 2.65 bits per heavy atom. The Balaban J connectivity index is 2.61. The second kappa shape index (κ2) is 5.60. The van der Waals surface area contributed by atoms with Gasteiger partial charge in [-0.15, -0.1) is 11.3 Å². The van der Waals surface area contributed by atoms with Gasteiger partial charge in [-0.2, -0.15) is 0 Å². The number of hydrogen-bond donors (Lipinski definition) is 2. The maximum atomic E-state index is 12.0. The van der Waals surface area contributed by atoms with Crippen LogP contribution in [0.1, 0.15) is 32.9 Å². The third-order valence-electron chi connectivity index (χ3n) is 2.36. The summed E-state index contributed by atoms with van der Waals surface area (Å²) in [4.78, 5) is 16.2. The molecule has 1 rings (SSSR count). The third-order valence-corrected chi connectivity index (χ3v) is 3.24. The minimum Gasteiger partial charge on any atom is -0.330 e. The molecule has 5 heteroatoms. The van der Waals surface area contributed by atoms with Crippen LogP contribution in [0, 0.1) is 18.3 Å². The minimum absolute atomic E-state index is 0.0308. The summed E-state index contributed by atoms with van der Waals surface area (Å²) >= 11 is 1.44. The van der Waals surface area contributed by atoms with E-state index in [1.54, 1.807) is 0 Å². The van der Waals surface area contributed by atoms with Crippen molar-refractivity contribution in [3.05, 3.63) is 11.1 Å². The van der Waals surface area contributed by atoms with Crippen LogP contribution in [-0.4, -0.2) is 17.4 Å². The van der Waals surface area contributed by atoms with Gasteiger partial charge in [0.05, 0.1) is 11.6 Å². The maximum absolute atomic E-state index is 12.0. The van der Waals surface area contributed by atoms with E-state index in [0.29, 0.717) is 11.7 Å². The highest BCUT2D eigenvalue weighted by molar-refractivity contribution is 7.13. The molecule has 0 aliphatic carbocycles. The van der Waals surface area contributed by atoms with Crippen LogP contribution >= 0.6 is 11.3 Å². The Kier molecular flexibility index (Phi) is 4.65. The zero-order chi connectivity index (χ0) is 13.1. The molecular formula is C12H21N3OS. The van der Waals surface area contributed by atoms with Crippen molar-refractivity contribution in [2.75, 3.05) is 11.9 Å². The number of nitrogens with two attached hydrogens (primary N) is 1. The Bertz CT molecular complexity index is 381. The number of hydrogen-bond acceptors (Lipinski definition) is 4. The summed E-state index contributed by atoms with van der Waals surface area (Å²) in [6.45, 7) is 8.60. The Morgan fingerprint density at radius 1 is 1.59 bits per heavy atom. The van der Waals surface area contributed by atoms with E-state index in [0.717, 1.165) is 12.1 Å². The smallest absolute Gasteiger partial charge is 0.230 e. The Hall–Kier alpha value is -0.940. The van der Waals surface area contributed by atoms with E-state index in [1.165, 1.54) is 11.3 Å². The molecule has 3 N–H and O–H groups in total. The number of nitrogens with zero attached hydrogens (tertiary/aromatic N) is 1. The molecule has 0 radical (unpaired) electrons. The topological polar surface area (TPSA) is 68.0 Å². The van der Waals surface area contributed by atoms with Gasteiger partial charge in [-0.05, 0) is 18.8 Å². The van der Waals surface area contributed by atoms with E-state index in [1.807, 2.05) is 12.3 Å². The molecule has 0 aliphatic heterocycles. The number of nitrogens with one attached hydrogen (secondary N) is 1. The highest BCUT2D eigenvalue weighted by Crippen LogP contribution is 2.25. The van der Waals surface area contributed by atoms with E-state index >= 15 is 0 Å². The van der Waals surface area contributed by atoms with Gasteiger partial charge in [-0.1, -0.05) is 20.8 Å². The lowest BCUT2D eigenvalue weighted by Gasteiger charge is -2.23. The molecule has 0 aromatic carbocycles. The van der Waals surface area contributed by atoms with Crippen molar-refractivity contribution in [2.24, 2.45) is 17.1 Å². The number of aromatic nitrogens is 1. The first kappa shape index (κ1) is 14.1. The van der Waals surface area contributed by atoms with E-state index in [2.05, 4.69) is 31.1 Å². The van der Waals surface area contributed by atoms with Crippen molar-refractivity contribution in [3.8, 4) is 0 Å². The SMILES string of the molecule is Cc1csc(NC(=O)C(CN)CC(C)(C)C)n1. The molecule has 0 aliphatic rings. The Morgan fingerprint density at radius 2 is 2.24 bits per heavy atom. The summed E-state index contributed by atoms with van der Waals surface area (Å²) < 4.78 is 0. The molecule has 0 bridgehead atoms. The first-order valence-electron chi connectivity index (χ1n) is 5.75. The fraction of sp³-hybridized carbons (Fsp3) is 0.667. The van der Waals surface area contributed by atoms with Gasteiger partial charge in [0.1, 0.15) is 0 Å². The van der Waals surface area contributed by atoms with Gasteiger partial charge in [0.25, 0.3) is 0 Å². The molecule has 1 atom stereocenters. The van der Waals surface area contributed by atoms with Crippen molar-refractivity contribution in [2.45, 2.75) is 34.1 Å². The highest BCUT2D eigenvalue weighted by Gasteiger charge is 2.24. The van der Waals surface area contributed by atoms with Gasteiger partial charge in [-0.3, -0.25) is 4.79 Å². The molecule has 17 heavy (non-hydrogen) atoms. The number of rotatable bonds is 4. The standard InChI is InChI=1S/C12H21N3OS/c1-8-7-17-11(14-8)15-10(16)9(6-13)5-12(2,3)4/h7,9H,5-6,13H2,1-4H3,(H,14,15,16). The van der Waals surface area contributed by atoms with Gasteiger partial charge >= 0.3 is 0 Å². The van der Waals surface area contributed by atoms with Gasteiger partial charge < -0.3 is 11.1 Å².